The van der Waals surface area contributed by atoms with Crippen molar-refractivity contribution in [3.8, 4) is 11.8 Å². The number of fused-ring (bicyclic) bond motifs is 2. The maximum atomic E-state index is 12.2. The molecule has 3 heteroatoms. The van der Waals surface area contributed by atoms with Crippen molar-refractivity contribution in [2.75, 3.05) is 6.61 Å². The van der Waals surface area contributed by atoms with E-state index in [2.05, 4.69) is 31.0 Å². The Morgan fingerprint density at radius 2 is 1.90 bits per heavy atom. The third kappa shape index (κ3) is 2.05. The second kappa shape index (κ2) is 4.49. The smallest absolute Gasteiger partial charge is 0.296 e. The molecule has 0 aromatic carbocycles. The predicted octanol–water partition coefficient (Wildman–Crippen LogP) is 2.64. The summed E-state index contributed by atoms with van der Waals surface area (Å²) in [5.74, 6) is 6.44. The molecule has 0 aromatic heterocycles. The number of carbonyl (C=O) groups is 1. The molecule has 3 rings (SSSR count). The van der Waals surface area contributed by atoms with E-state index < -0.39 is 5.60 Å². The van der Waals surface area contributed by atoms with Gasteiger partial charge in [0.2, 0.25) is 0 Å². The highest BCUT2D eigenvalue weighted by Crippen LogP contribution is 2.60. The molecule has 1 heterocycles. The third-order valence-electron chi connectivity index (χ3n) is 6.11. The average Bonchev–Trinajstić information content (AvgIpc) is 3.00. The molecule has 0 aromatic rings. The van der Waals surface area contributed by atoms with Crippen molar-refractivity contribution in [2.24, 2.45) is 11.3 Å². The van der Waals surface area contributed by atoms with Crippen LogP contribution in [0, 0.1) is 23.2 Å². The zero-order valence-corrected chi connectivity index (χ0v) is 12.8. The topological polar surface area (TPSA) is 38.3 Å². The fraction of sp³-hybridized carbons (Fsp3) is 0.824. The zero-order valence-electron chi connectivity index (χ0n) is 12.8. The van der Waals surface area contributed by atoms with Crippen LogP contribution in [0.4, 0.5) is 0 Å². The lowest BCUT2D eigenvalue weighted by atomic mass is 9.76. The molecule has 1 N–H and O–H groups in total. The number of ether oxygens (including phenoxy) is 1. The van der Waals surface area contributed by atoms with Crippen LogP contribution in [0.3, 0.4) is 0 Å². The van der Waals surface area contributed by atoms with Crippen molar-refractivity contribution in [3.05, 3.63) is 0 Å². The molecule has 1 atom stereocenters. The first-order chi connectivity index (χ1) is 9.37. The van der Waals surface area contributed by atoms with Gasteiger partial charge in [0.05, 0.1) is 0 Å². The summed E-state index contributed by atoms with van der Waals surface area (Å²) in [5.41, 5.74) is -0.239. The highest BCUT2D eigenvalue weighted by atomic mass is 16.5. The molecule has 0 radical (unpaired) electrons. The lowest BCUT2D eigenvalue weighted by Crippen LogP contribution is -2.53. The first-order valence-electron chi connectivity index (χ1n) is 7.86. The normalized spacial score (nSPS) is 41.2. The van der Waals surface area contributed by atoms with Crippen molar-refractivity contribution >= 4 is 5.91 Å². The summed E-state index contributed by atoms with van der Waals surface area (Å²) in [4.78, 5) is 12.2. The van der Waals surface area contributed by atoms with Gasteiger partial charge in [-0.15, -0.1) is 0 Å². The van der Waals surface area contributed by atoms with Crippen LogP contribution in [-0.2, 0) is 9.53 Å². The molecule has 3 aliphatic rings. The Morgan fingerprint density at radius 3 is 2.40 bits per heavy atom. The van der Waals surface area contributed by atoms with Crippen LogP contribution in [0.15, 0.2) is 0 Å². The van der Waals surface area contributed by atoms with Crippen LogP contribution in [-0.4, -0.2) is 23.7 Å². The van der Waals surface area contributed by atoms with Crippen molar-refractivity contribution in [3.63, 3.8) is 0 Å². The summed E-state index contributed by atoms with van der Waals surface area (Å²) in [6, 6.07) is 0. The SMILES string of the molecule is CC1(C#CC(=O)NC23CCC(CC2)C3(C)C)CCCO1. The molecule has 2 bridgehead atoms. The number of nitrogens with one attached hydrogen (secondary N) is 1. The highest BCUT2D eigenvalue weighted by Gasteiger charge is 2.59. The minimum absolute atomic E-state index is 0.0269. The van der Waals surface area contributed by atoms with Gasteiger partial charge in [-0.3, -0.25) is 4.79 Å². The van der Waals surface area contributed by atoms with Gasteiger partial charge in [-0.2, -0.15) is 0 Å². The molecule has 1 aliphatic heterocycles. The van der Waals surface area contributed by atoms with E-state index in [9.17, 15) is 4.79 Å². The van der Waals surface area contributed by atoms with Gasteiger partial charge in [-0.1, -0.05) is 19.8 Å². The minimum atomic E-state index is -0.418. The van der Waals surface area contributed by atoms with E-state index in [1.165, 1.54) is 12.8 Å². The van der Waals surface area contributed by atoms with E-state index >= 15 is 0 Å². The van der Waals surface area contributed by atoms with Gasteiger partial charge in [0.1, 0.15) is 5.60 Å². The van der Waals surface area contributed by atoms with Gasteiger partial charge in [-0.25, -0.2) is 0 Å². The number of carbonyl (C=O) groups excluding carboxylic acids is 1. The molecular weight excluding hydrogens is 250 g/mol. The molecule has 2 saturated carbocycles. The molecule has 1 unspecified atom stereocenters. The summed E-state index contributed by atoms with van der Waals surface area (Å²) in [6.45, 7) is 7.33. The Balaban J connectivity index is 1.70. The van der Waals surface area contributed by atoms with Crippen LogP contribution in [0.2, 0.25) is 0 Å². The van der Waals surface area contributed by atoms with E-state index in [4.69, 9.17) is 4.74 Å². The molecule has 0 spiro atoms. The van der Waals surface area contributed by atoms with Crippen LogP contribution < -0.4 is 5.32 Å². The molecule has 1 amide bonds. The lowest BCUT2D eigenvalue weighted by molar-refractivity contribution is -0.118. The first kappa shape index (κ1) is 13.9. The Bertz CT molecular complexity index is 469. The summed E-state index contributed by atoms with van der Waals surface area (Å²) in [5, 5.41) is 3.25. The quantitative estimate of drug-likeness (QED) is 0.747. The van der Waals surface area contributed by atoms with Crippen molar-refractivity contribution < 1.29 is 9.53 Å². The minimum Gasteiger partial charge on any atom is -0.363 e. The van der Waals surface area contributed by atoms with Gasteiger partial charge >= 0.3 is 0 Å². The predicted molar refractivity (Wildman–Crippen MR) is 78.0 cm³/mol. The standard InChI is InChI=1S/C17H25NO2/c1-15(2)13-5-10-17(15,11-6-13)18-14(19)7-9-16(3)8-4-12-20-16/h13H,4-6,8,10-12H2,1-3H3,(H,18,19). The van der Waals surface area contributed by atoms with Gasteiger partial charge in [0, 0.05) is 12.1 Å². The van der Waals surface area contributed by atoms with Crippen molar-refractivity contribution in [1.29, 1.82) is 0 Å². The Kier molecular flexibility index (Phi) is 3.14. The maximum Gasteiger partial charge on any atom is 0.296 e. The van der Waals surface area contributed by atoms with Gasteiger partial charge < -0.3 is 10.1 Å². The lowest BCUT2D eigenvalue weighted by Gasteiger charge is -2.38. The summed E-state index contributed by atoms with van der Waals surface area (Å²) < 4.78 is 5.61. The second-order valence-corrected chi connectivity index (χ2v) is 7.47. The second-order valence-electron chi connectivity index (χ2n) is 7.47. The number of amides is 1. The fourth-order valence-corrected chi connectivity index (χ4v) is 4.47. The number of rotatable bonds is 1. The Morgan fingerprint density at radius 1 is 1.20 bits per heavy atom. The maximum absolute atomic E-state index is 12.2. The summed E-state index contributed by atoms with van der Waals surface area (Å²) in [7, 11) is 0. The molecule has 1 saturated heterocycles. The van der Waals surface area contributed by atoms with Crippen molar-refractivity contribution in [2.45, 2.75) is 70.4 Å². The van der Waals surface area contributed by atoms with E-state index in [1.807, 2.05) is 6.92 Å². The molecular formula is C17H25NO2. The monoisotopic (exact) mass is 275 g/mol. The average molecular weight is 275 g/mol. The summed E-state index contributed by atoms with van der Waals surface area (Å²) >= 11 is 0. The number of hydrogen-bond donors (Lipinski definition) is 1. The van der Waals surface area contributed by atoms with E-state index in [1.54, 1.807) is 0 Å². The zero-order chi connectivity index (χ0) is 14.4. The third-order valence-corrected chi connectivity index (χ3v) is 6.11. The van der Waals surface area contributed by atoms with Gasteiger partial charge in [-0.05, 0) is 62.7 Å². The molecule has 2 aliphatic carbocycles. The van der Waals surface area contributed by atoms with Crippen LogP contribution in [0.5, 0.6) is 0 Å². The van der Waals surface area contributed by atoms with E-state index in [-0.39, 0.29) is 16.9 Å². The molecule has 3 nitrogen and oxygen atoms in total. The Labute approximate surface area is 121 Å². The Hall–Kier alpha value is -1.01. The van der Waals surface area contributed by atoms with Crippen LogP contribution in [0.1, 0.15) is 59.3 Å². The van der Waals surface area contributed by atoms with E-state index in [0.717, 1.165) is 38.2 Å². The van der Waals surface area contributed by atoms with Gasteiger partial charge in [0.25, 0.3) is 5.91 Å². The largest absolute Gasteiger partial charge is 0.363 e. The van der Waals surface area contributed by atoms with Crippen LogP contribution >= 0.6 is 0 Å². The van der Waals surface area contributed by atoms with Gasteiger partial charge in [0.15, 0.2) is 0 Å². The van der Waals surface area contributed by atoms with E-state index in [0.29, 0.717) is 0 Å². The van der Waals surface area contributed by atoms with Crippen molar-refractivity contribution in [1.82, 2.24) is 5.32 Å². The van der Waals surface area contributed by atoms with Crippen LogP contribution in [0.25, 0.3) is 0 Å². The number of hydrogen-bond acceptors (Lipinski definition) is 2. The first-order valence-corrected chi connectivity index (χ1v) is 7.86. The highest BCUT2D eigenvalue weighted by molar-refractivity contribution is 5.94. The molecule has 110 valence electrons. The summed E-state index contributed by atoms with van der Waals surface area (Å²) in [6.07, 6.45) is 6.64. The molecule has 3 fully saturated rings. The molecule has 20 heavy (non-hydrogen) atoms. The fourth-order valence-electron chi connectivity index (χ4n) is 4.47.